The van der Waals surface area contributed by atoms with Crippen LogP contribution in [0, 0.1) is 0 Å². The number of ether oxygens (including phenoxy) is 1. The number of amides is 1. The van der Waals surface area contributed by atoms with Crippen molar-refractivity contribution < 1.29 is 9.53 Å². The van der Waals surface area contributed by atoms with Gasteiger partial charge in [-0.2, -0.15) is 0 Å². The molecule has 0 spiro atoms. The molecule has 0 unspecified atom stereocenters. The number of anilines is 1. The molecule has 124 valence electrons. The van der Waals surface area contributed by atoms with Gasteiger partial charge in [0.25, 0.3) is 5.91 Å². The first-order chi connectivity index (χ1) is 11.7. The maximum absolute atomic E-state index is 12.3. The van der Waals surface area contributed by atoms with Crippen molar-refractivity contribution in [1.29, 1.82) is 0 Å². The second kappa shape index (κ2) is 6.24. The Labute approximate surface area is 141 Å². The highest BCUT2D eigenvalue weighted by atomic mass is 16.5. The molecule has 0 saturated carbocycles. The van der Waals surface area contributed by atoms with Crippen LogP contribution in [-0.2, 0) is 16.0 Å². The Balaban J connectivity index is 1.64. The minimum Gasteiger partial charge on any atom is -0.381 e. The Bertz CT molecular complexity index is 801. The standard InChI is InChI=1S/C19H21N3O2/c1-2-12-3-4-17-15(9-12)16(19(23)22-17)10-14-11-20-18(21-14)13-5-7-24-8-6-13/h3-4,9-11,13H,2,5-8H2,1H3,(H,20,21)(H,22,23)/b16-10-. The molecule has 2 aliphatic rings. The number of aromatic nitrogens is 2. The first-order valence-corrected chi connectivity index (χ1v) is 8.53. The van der Waals surface area contributed by atoms with Crippen LogP contribution in [0.1, 0.15) is 48.3 Å². The lowest BCUT2D eigenvalue weighted by atomic mass is 10.00. The van der Waals surface area contributed by atoms with Crippen molar-refractivity contribution in [3.63, 3.8) is 0 Å². The average molecular weight is 323 g/mol. The van der Waals surface area contributed by atoms with E-state index in [1.807, 2.05) is 18.3 Å². The van der Waals surface area contributed by atoms with Gasteiger partial charge in [-0.25, -0.2) is 4.98 Å². The lowest BCUT2D eigenvalue weighted by molar-refractivity contribution is -0.110. The Kier molecular flexibility index (Phi) is 3.94. The van der Waals surface area contributed by atoms with Crippen LogP contribution in [0.5, 0.6) is 0 Å². The number of hydrogen-bond acceptors (Lipinski definition) is 3. The molecular weight excluding hydrogens is 302 g/mol. The molecule has 1 amide bonds. The van der Waals surface area contributed by atoms with Crippen LogP contribution >= 0.6 is 0 Å². The topological polar surface area (TPSA) is 67.0 Å². The number of aromatic amines is 1. The third-order valence-corrected chi connectivity index (χ3v) is 4.80. The highest BCUT2D eigenvalue weighted by Crippen LogP contribution is 2.34. The van der Waals surface area contributed by atoms with Gasteiger partial charge in [0.15, 0.2) is 0 Å². The minimum atomic E-state index is -0.0551. The van der Waals surface area contributed by atoms with Gasteiger partial charge in [-0.15, -0.1) is 0 Å². The van der Waals surface area contributed by atoms with E-state index in [0.29, 0.717) is 11.5 Å². The van der Waals surface area contributed by atoms with Crippen molar-refractivity contribution in [2.45, 2.75) is 32.1 Å². The molecule has 3 heterocycles. The van der Waals surface area contributed by atoms with Crippen molar-refractivity contribution >= 4 is 23.2 Å². The number of benzene rings is 1. The van der Waals surface area contributed by atoms with Gasteiger partial charge in [-0.3, -0.25) is 4.79 Å². The molecule has 0 bridgehead atoms. The van der Waals surface area contributed by atoms with Crippen LogP contribution in [0.25, 0.3) is 11.6 Å². The third-order valence-electron chi connectivity index (χ3n) is 4.80. The molecule has 1 saturated heterocycles. The molecule has 5 heteroatoms. The van der Waals surface area contributed by atoms with Gasteiger partial charge in [0, 0.05) is 30.4 Å². The molecule has 5 nitrogen and oxygen atoms in total. The maximum Gasteiger partial charge on any atom is 0.256 e. The number of carbonyl (C=O) groups excluding carboxylic acids is 1. The molecule has 0 aliphatic carbocycles. The van der Waals surface area contributed by atoms with Gasteiger partial charge in [0.05, 0.1) is 17.5 Å². The number of rotatable bonds is 3. The molecule has 1 aromatic carbocycles. The summed E-state index contributed by atoms with van der Waals surface area (Å²) >= 11 is 0. The van der Waals surface area contributed by atoms with Crippen molar-refractivity contribution in [3.05, 3.63) is 47.0 Å². The van der Waals surface area contributed by atoms with E-state index in [9.17, 15) is 4.79 Å². The number of hydrogen-bond donors (Lipinski definition) is 2. The smallest absolute Gasteiger partial charge is 0.256 e. The van der Waals surface area contributed by atoms with Crippen LogP contribution in [-0.4, -0.2) is 29.1 Å². The molecule has 0 atom stereocenters. The second-order valence-electron chi connectivity index (χ2n) is 6.36. The molecule has 1 aromatic heterocycles. The first kappa shape index (κ1) is 15.1. The summed E-state index contributed by atoms with van der Waals surface area (Å²) in [5.41, 5.74) is 4.65. The average Bonchev–Trinajstić information content (AvgIpc) is 3.21. The highest BCUT2D eigenvalue weighted by Gasteiger charge is 2.25. The van der Waals surface area contributed by atoms with E-state index < -0.39 is 0 Å². The van der Waals surface area contributed by atoms with Crippen LogP contribution in [0.2, 0.25) is 0 Å². The number of aryl methyl sites for hydroxylation is 1. The van der Waals surface area contributed by atoms with E-state index in [4.69, 9.17) is 4.74 Å². The molecule has 2 N–H and O–H groups in total. The SMILES string of the molecule is CCc1ccc2c(c1)/C(=C/c1cnc(C3CCOCC3)[nH]1)C(=O)N2. The van der Waals surface area contributed by atoms with Crippen molar-refractivity contribution in [2.24, 2.45) is 0 Å². The lowest BCUT2D eigenvalue weighted by Gasteiger charge is -2.19. The summed E-state index contributed by atoms with van der Waals surface area (Å²) in [6.07, 6.45) is 6.65. The van der Waals surface area contributed by atoms with Gasteiger partial charge in [0.1, 0.15) is 5.82 Å². The Morgan fingerprint density at radius 2 is 2.17 bits per heavy atom. The summed E-state index contributed by atoms with van der Waals surface area (Å²) in [6.45, 7) is 3.69. The number of nitrogens with one attached hydrogen (secondary N) is 2. The fourth-order valence-corrected chi connectivity index (χ4v) is 3.36. The summed E-state index contributed by atoms with van der Waals surface area (Å²) in [5.74, 6) is 1.36. The molecule has 24 heavy (non-hydrogen) atoms. The second-order valence-corrected chi connectivity index (χ2v) is 6.36. The lowest BCUT2D eigenvalue weighted by Crippen LogP contribution is -2.15. The number of H-pyrrole nitrogens is 1. The van der Waals surface area contributed by atoms with Crippen molar-refractivity contribution in [3.8, 4) is 0 Å². The van der Waals surface area contributed by atoms with Crippen LogP contribution in [0.3, 0.4) is 0 Å². The Morgan fingerprint density at radius 1 is 1.33 bits per heavy atom. The predicted octanol–water partition coefficient (Wildman–Crippen LogP) is 3.36. The first-order valence-electron chi connectivity index (χ1n) is 8.53. The van der Waals surface area contributed by atoms with E-state index in [2.05, 4.69) is 34.3 Å². The van der Waals surface area contributed by atoms with E-state index in [0.717, 1.165) is 55.2 Å². The Morgan fingerprint density at radius 3 is 2.96 bits per heavy atom. The van der Waals surface area contributed by atoms with Gasteiger partial charge in [-0.05, 0) is 43.0 Å². The van der Waals surface area contributed by atoms with E-state index in [-0.39, 0.29) is 5.91 Å². The summed E-state index contributed by atoms with van der Waals surface area (Å²) in [5, 5.41) is 2.93. The highest BCUT2D eigenvalue weighted by molar-refractivity contribution is 6.34. The summed E-state index contributed by atoms with van der Waals surface area (Å²) < 4.78 is 5.40. The van der Waals surface area contributed by atoms with Crippen molar-refractivity contribution in [1.82, 2.24) is 9.97 Å². The minimum absolute atomic E-state index is 0.0551. The molecule has 0 radical (unpaired) electrons. The quantitative estimate of drug-likeness (QED) is 0.851. The summed E-state index contributed by atoms with van der Waals surface area (Å²) in [7, 11) is 0. The number of nitrogens with zero attached hydrogens (tertiary/aromatic N) is 1. The van der Waals surface area contributed by atoms with Crippen LogP contribution in [0.4, 0.5) is 5.69 Å². The number of imidazole rings is 1. The summed E-state index contributed by atoms with van der Waals surface area (Å²) in [6, 6.07) is 6.13. The zero-order chi connectivity index (χ0) is 16.5. The third kappa shape index (κ3) is 2.76. The van der Waals surface area contributed by atoms with E-state index >= 15 is 0 Å². The van der Waals surface area contributed by atoms with E-state index in [1.54, 1.807) is 0 Å². The Hall–Kier alpha value is -2.40. The van der Waals surface area contributed by atoms with Gasteiger partial charge in [-0.1, -0.05) is 13.0 Å². The largest absolute Gasteiger partial charge is 0.381 e. The molecule has 2 aromatic rings. The molecular formula is C19H21N3O2. The zero-order valence-electron chi connectivity index (χ0n) is 13.8. The zero-order valence-corrected chi connectivity index (χ0v) is 13.8. The fraction of sp³-hybridized carbons (Fsp3) is 0.368. The van der Waals surface area contributed by atoms with E-state index in [1.165, 1.54) is 5.56 Å². The maximum atomic E-state index is 12.3. The van der Waals surface area contributed by atoms with Crippen LogP contribution in [0.15, 0.2) is 24.4 Å². The van der Waals surface area contributed by atoms with Gasteiger partial charge >= 0.3 is 0 Å². The summed E-state index contributed by atoms with van der Waals surface area (Å²) in [4.78, 5) is 20.2. The molecule has 2 aliphatic heterocycles. The van der Waals surface area contributed by atoms with Crippen LogP contribution < -0.4 is 5.32 Å². The molecule has 1 fully saturated rings. The number of carbonyl (C=O) groups is 1. The number of fused-ring (bicyclic) bond motifs is 1. The van der Waals surface area contributed by atoms with Crippen molar-refractivity contribution in [2.75, 3.05) is 18.5 Å². The van der Waals surface area contributed by atoms with Gasteiger partial charge in [0.2, 0.25) is 0 Å². The molecule has 4 rings (SSSR count). The monoisotopic (exact) mass is 323 g/mol. The fourth-order valence-electron chi connectivity index (χ4n) is 3.36. The normalized spacial score (nSPS) is 19.5. The predicted molar refractivity (Wildman–Crippen MR) is 93.7 cm³/mol. The van der Waals surface area contributed by atoms with Gasteiger partial charge < -0.3 is 15.0 Å².